The van der Waals surface area contributed by atoms with Crippen molar-refractivity contribution in [2.24, 2.45) is 17.8 Å². The lowest BCUT2D eigenvalue weighted by Gasteiger charge is -2.41. The molecule has 154 valence electrons. The fourth-order valence-electron chi connectivity index (χ4n) is 5.24. The van der Waals surface area contributed by atoms with Crippen molar-refractivity contribution in [1.29, 1.82) is 0 Å². The van der Waals surface area contributed by atoms with Crippen LogP contribution in [0, 0.1) is 17.8 Å². The van der Waals surface area contributed by atoms with Gasteiger partial charge in [-0.1, -0.05) is 23.8 Å². The summed E-state index contributed by atoms with van der Waals surface area (Å²) < 4.78 is 5.88. The first kappa shape index (κ1) is 19.5. The van der Waals surface area contributed by atoms with E-state index in [1.807, 2.05) is 24.4 Å². The number of fused-ring (bicyclic) bond motifs is 3. The van der Waals surface area contributed by atoms with Gasteiger partial charge in [0.05, 0.1) is 24.5 Å². The van der Waals surface area contributed by atoms with Gasteiger partial charge in [0.15, 0.2) is 0 Å². The van der Waals surface area contributed by atoms with Gasteiger partial charge in [-0.3, -0.25) is 14.5 Å². The van der Waals surface area contributed by atoms with Crippen molar-refractivity contribution in [2.75, 3.05) is 0 Å². The summed E-state index contributed by atoms with van der Waals surface area (Å²) in [6.07, 6.45) is 0.587. The van der Waals surface area contributed by atoms with Gasteiger partial charge < -0.3 is 14.8 Å². The van der Waals surface area contributed by atoms with Crippen molar-refractivity contribution in [3.63, 3.8) is 0 Å². The minimum atomic E-state index is -1.10. The Labute approximate surface area is 178 Å². The van der Waals surface area contributed by atoms with E-state index in [9.17, 15) is 19.7 Å². The number of phenolic OH excluding ortho intramolecular Hbond substituents is 1. The molecule has 1 aliphatic carbocycles. The average Bonchev–Trinajstić information content (AvgIpc) is 3.31. The SMILES string of the molecule is CC1=C2B(O)O[C@H](c3ccc(O)cc3)C[C@H]2[C@H]2C(=O)N(Cc3cccs3)C(=O)[C@H]2C1. The van der Waals surface area contributed by atoms with E-state index in [1.54, 1.807) is 24.3 Å². The van der Waals surface area contributed by atoms with Crippen LogP contribution in [-0.2, 0) is 20.8 Å². The first-order valence-electron chi connectivity index (χ1n) is 10.1. The number of imide groups is 1. The molecule has 1 aromatic heterocycles. The first-order valence-corrected chi connectivity index (χ1v) is 11.0. The number of carbonyl (C=O) groups is 2. The summed E-state index contributed by atoms with van der Waals surface area (Å²) in [4.78, 5) is 28.9. The standard InChI is InChI=1S/C22H22BNO5S/c1-12-9-17-19(22(27)24(21(17)26)11-15-3-2-8-30-15)16-10-18(29-23(28)20(12)16)13-4-6-14(25)7-5-13/h2-8,16-19,25,28H,9-11H2,1H3/t16-,17-,18-,19+/m0/s1. The highest BCUT2D eigenvalue weighted by Crippen LogP contribution is 2.51. The maximum Gasteiger partial charge on any atom is 0.487 e. The molecule has 8 heteroatoms. The van der Waals surface area contributed by atoms with Crippen molar-refractivity contribution in [3.05, 3.63) is 63.3 Å². The van der Waals surface area contributed by atoms with Gasteiger partial charge in [0, 0.05) is 4.88 Å². The largest absolute Gasteiger partial charge is 0.508 e. The van der Waals surface area contributed by atoms with Crippen LogP contribution in [-0.4, -0.2) is 34.0 Å². The average molecular weight is 423 g/mol. The summed E-state index contributed by atoms with van der Waals surface area (Å²) in [5.74, 6) is -1.18. The molecule has 0 saturated carbocycles. The minimum Gasteiger partial charge on any atom is -0.508 e. The molecular formula is C22H22BNO5S. The molecule has 6 nitrogen and oxygen atoms in total. The van der Waals surface area contributed by atoms with E-state index in [1.165, 1.54) is 16.2 Å². The molecule has 0 unspecified atom stereocenters. The summed E-state index contributed by atoms with van der Waals surface area (Å²) in [5.41, 5.74) is 2.53. The Morgan fingerprint density at radius 3 is 2.63 bits per heavy atom. The zero-order valence-electron chi connectivity index (χ0n) is 16.5. The van der Waals surface area contributed by atoms with Crippen LogP contribution in [0.4, 0.5) is 0 Å². The van der Waals surface area contributed by atoms with Gasteiger partial charge in [-0.15, -0.1) is 11.3 Å². The van der Waals surface area contributed by atoms with Gasteiger partial charge >= 0.3 is 7.12 Å². The monoisotopic (exact) mass is 423 g/mol. The van der Waals surface area contributed by atoms with Gasteiger partial charge in [0.25, 0.3) is 0 Å². The topological polar surface area (TPSA) is 87.1 Å². The van der Waals surface area contributed by atoms with E-state index < -0.39 is 19.1 Å². The van der Waals surface area contributed by atoms with Crippen molar-refractivity contribution in [2.45, 2.75) is 32.4 Å². The second-order valence-corrected chi connectivity index (χ2v) is 9.36. The number of carbonyl (C=O) groups excluding carboxylic acids is 2. The predicted octanol–water partition coefficient (Wildman–Crippen LogP) is 3.07. The summed E-state index contributed by atoms with van der Waals surface area (Å²) >= 11 is 1.53. The van der Waals surface area contributed by atoms with Gasteiger partial charge in [0.1, 0.15) is 5.75 Å². The lowest BCUT2D eigenvalue weighted by molar-refractivity contribution is -0.140. The Kier molecular flexibility index (Phi) is 4.80. The molecule has 0 spiro atoms. The third-order valence-corrected chi connectivity index (χ3v) is 7.47. The van der Waals surface area contributed by atoms with Crippen molar-refractivity contribution < 1.29 is 24.4 Å². The number of rotatable bonds is 3. The number of benzene rings is 1. The number of likely N-dealkylation sites (tertiary alicyclic amines) is 1. The summed E-state index contributed by atoms with van der Waals surface area (Å²) in [7, 11) is -1.10. The molecule has 5 rings (SSSR count). The first-order chi connectivity index (χ1) is 14.4. The van der Waals surface area contributed by atoms with E-state index in [2.05, 4.69) is 0 Å². The Hall–Kier alpha value is -2.42. The van der Waals surface area contributed by atoms with E-state index in [0.29, 0.717) is 19.4 Å². The third kappa shape index (κ3) is 3.10. The number of allylic oxidation sites excluding steroid dienone is 2. The maximum atomic E-state index is 13.4. The second kappa shape index (κ2) is 7.37. The van der Waals surface area contributed by atoms with Crippen molar-refractivity contribution >= 4 is 30.3 Å². The molecular weight excluding hydrogens is 401 g/mol. The van der Waals surface area contributed by atoms with Crippen LogP contribution < -0.4 is 0 Å². The van der Waals surface area contributed by atoms with Crippen molar-refractivity contribution in [3.8, 4) is 5.75 Å². The number of thiophene rings is 1. The van der Waals surface area contributed by atoms with E-state index in [4.69, 9.17) is 4.65 Å². The Bertz CT molecular complexity index is 1020. The highest BCUT2D eigenvalue weighted by Gasteiger charge is 2.57. The predicted molar refractivity (Wildman–Crippen MR) is 112 cm³/mol. The molecule has 3 heterocycles. The lowest BCUT2D eigenvalue weighted by Crippen LogP contribution is -2.44. The van der Waals surface area contributed by atoms with Crippen LogP contribution in [0.1, 0.15) is 36.3 Å². The number of hydrogen-bond acceptors (Lipinski definition) is 6. The van der Waals surface area contributed by atoms with E-state index in [0.717, 1.165) is 21.5 Å². The number of phenols is 1. The second-order valence-electron chi connectivity index (χ2n) is 8.32. The molecule has 0 radical (unpaired) electrons. The number of hydrogen-bond donors (Lipinski definition) is 2. The van der Waals surface area contributed by atoms with Gasteiger partial charge in [0.2, 0.25) is 11.8 Å². The lowest BCUT2D eigenvalue weighted by atomic mass is 9.55. The molecule has 2 saturated heterocycles. The van der Waals surface area contributed by atoms with Crippen LogP contribution in [0.3, 0.4) is 0 Å². The summed E-state index contributed by atoms with van der Waals surface area (Å²) in [5, 5.41) is 22.3. The van der Waals surface area contributed by atoms with Gasteiger partial charge in [-0.2, -0.15) is 0 Å². The zero-order chi connectivity index (χ0) is 21.0. The third-order valence-electron chi connectivity index (χ3n) is 6.61. The van der Waals surface area contributed by atoms with Crippen LogP contribution in [0.5, 0.6) is 5.75 Å². The smallest absolute Gasteiger partial charge is 0.487 e. The normalized spacial score (nSPS) is 28.7. The Morgan fingerprint density at radius 1 is 1.17 bits per heavy atom. The van der Waals surface area contributed by atoms with Crippen molar-refractivity contribution in [1.82, 2.24) is 4.90 Å². The molecule has 2 N–H and O–H groups in total. The molecule has 2 aromatic rings. The molecule has 1 aromatic carbocycles. The maximum absolute atomic E-state index is 13.4. The minimum absolute atomic E-state index is 0.112. The number of amides is 2. The Balaban J connectivity index is 1.47. The van der Waals surface area contributed by atoms with E-state index >= 15 is 0 Å². The molecule has 0 bridgehead atoms. The summed E-state index contributed by atoms with van der Waals surface area (Å²) in [6.45, 7) is 2.23. The van der Waals surface area contributed by atoms with Crippen LogP contribution in [0.15, 0.2) is 52.8 Å². The molecule has 2 aliphatic heterocycles. The molecule has 4 atom stereocenters. The van der Waals surface area contributed by atoms with Gasteiger partial charge in [-0.25, -0.2) is 0 Å². The zero-order valence-corrected chi connectivity index (χ0v) is 17.3. The number of nitrogens with zero attached hydrogens (tertiary/aromatic N) is 1. The molecule has 3 aliphatic rings. The highest BCUT2D eigenvalue weighted by molar-refractivity contribution is 7.09. The van der Waals surface area contributed by atoms with Gasteiger partial charge in [-0.05, 0) is 60.3 Å². The fourth-order valence-corrected chi connectivity index (χ4v) is 5.93. The highest BCUT2D eigenvalue weighted by atomic mass is 32.1. The quantitative estimate of drug-likeness (QED) is 0.586. The number of aromatic hydroxyl groups is 1. The van der Waals surface area contributed by atoms with Crippen LogP contribution >= 0.6 is 11.3 Å². The van der Waals surface area contributed by atoms with Crippen LogP contribution in [0.25, 0.3) is 0 Å². The molecule has 2 fully saturated rings. The van der Waals surface area contributed by atoms with E-state index in [-0.39, 0.29) is 29.4 Å². The fraction of sp³-hybridized carbons (Fsp3) is 0.364. The van der Waals surface area contributed by atoms with Crippen LogP contribution in [0.2, 0.25) is 0 Å². The summed E-state index contributed by atoms with van der Waals surface area (Å²) in [6, 6.07) is 10.5. The molecule has 30 heavy (non-hydrogen) atoms. The Morgan fingerprint density at radius 2 is 1.93 bits per heavy atom. The molecule has 2 amide bonds.